The van der Waals surface area contributed by atoms with E-state index in [1.807, 2.05) is 0 Å². The molecule has 1 aliphatic carbocycles. The molecule has 0 radical (unpaired) electrons. The van der Waals surface area contributed by atoms with E-state index in [0.717, 1.165) is 29.3 Å². The van der Waals surface area contributed by atoms with Gasteiger partial charge in [-0.25, -0.2) is 0 Å². The first-order chi connectivity index (χ1) is 20.7. The molecule has 0 fully saturated rings. The van der Waals surface area contributed by atoms with Crippen molar-refractivity contribution < 1.29 is 4.74 Å². The smallest absolute Gasteiger partial charge is 0.151 e. The van der Waals surface area contributed by atoms with Gasteiger partial charge in [-0.3, -0.25) is 0 Å². The van der Waals surface area contributed by atoms with E-state index < -0.39 is 0 Å². The van der Waals surface area contributed by atoms with E-state index in [9.17, 15) is 0 Å². The van der Waals surface area contributed by atoms with Gasteiger partial charge in [0.2, 0.25) is 0 Å². The molecule has 5 aromatic carbocycles. The summed E-state index contributed by atoms with van der Waals surface area (Å²) in [5.74, 6) is 1.83. The summed E-state index contributed by atoms with van der Waals surface area (Å²) in [6.45, 7) is 15.4. The van der Waals surface area contributed by atoms with Crippen LogP contribution >= 0.6 is 0 Å². The number of aryl methyl sites for hydroxylation is 5. The molecule has 0 aromatic heterocycles. The fourth-order valence-corrected chi connectivity index (χ4v) is 6.46. The number of fused-ring (bicyclic) bond motifs is 5. The fraction of sp³-hybridized carbons (Fsp3) is 0.268. The summed E-state index contributed by atoms with van der Waals surface area (Å²) < 4.78 is 6.23. The van der Waals surface area contributed by atoms with Gasteiger partial charge < -0.3 is 9.64 Å². The largest absolute Gasteiger partial charge is 0.453 e. The molecule has 2 aliphatic rings. The Hall–Kier alpha value is -4.30. The predicted molar refractivity (Wildman–Crippen MR) is 183 cm³/mol. The van der Waals surface area contributed by atoms with Crippen molar-refractivity contribution in [1.29, 1.82) is 0 Å². The lowest BCUT2D eigenvalue weighted by atomic mass is 9.81. The molecule has 0 saturated heterocycles. The van der Waals surface area contributed by atoms with Gasteiger partial charge in [0, 0.05) is 11.1 Å². The molecule has 1 aliphatic heterocycles. The van der Waals surface area contributed by atoms with Crippen LogP contribution in [0.1, 0.15) is 72.6 Å². The number of unbranched alkanes of at least 4 members (excludes halogenated alkanes) is 1. The molecule has 2 nitrogen and oxygen atoms in total. The van der Waals surface area contributed by atoms with E-state index in [2.05, 4.69) is 150 Å². The number of hydrogen-bond donors (Lipinski definition) is 0. The van der Waals surface area contributed by atoms with Crippen LogP contribution in [0, 0.1) is 27.7 Å². The zero-order chi connectivity index (χ0) is 30.3. The maximum absolute atomic E-state index is 6.23. The predicted octanol–water partition coefficient (Wildman–Crippen LogP) is 11.8. The second-order valence-electron chi connectivity index (χ2n) is 12.9. The van der Waals surface area contributed by atoms with Crippen molar-refractivity contribution in [2.45, 2.75) is 73.1 Å². The molecule has 0 unspecified atom stereocenters. The van der Waals surface area contributed by atoms with E-state index >= 15 is 0 Å². The van der Waals surface area contributed by atoms with Crippen LogP contribution in [0.15, 0.2) is 97.1 Å². The van der Waals surface area contributed by atoms with Gasteiger partial charge in [-0.15, -0.1) is 0 Å². The Morgan fingerprint density at radius 2 is 1.05 bits per heavy atom. The molecule has 0 atom stereocenters. The summed E-state index contributed by atoms with van der Waals surface area (Å²) in [5.41, 5.74) is 15.8. The van der Waals surface area contributed by atoms with E-state index in [-0.39, 0.29) is 5.41 Å². The van der Waals surface area contributed by atoms with E-state index in [1.54, 1.807) is 0 Å². The van der Waals surface area contributed by atoms with Crippen molar-refractivity contribution in [3.63, 3.8) is 0 Å². The monoisotopic (exact) mass is 565 g/mol. The van der Waals surface area contributed by atoms with Crippen LogP contribution in [0.2, 0.25) is 0 Å². The second kappa shape index (κ2) is 11.4. The number of rotatable bonds is 4. The van der Waals surface area contributed by atoms with E-state index in [4.69, 9.17) is 4.74 Å². The maximum Gasteiger partial charge on any atom is 0.151 e. The second-order valence-corrected chi connectivity index (χ2v) is 12.9. The summed E-state index contributed by atoms with van der Waals surface area (Å²) in [6, 6.07) is 35.4. The number of benzene rings is 5. The quantitative estimate of drug-likeness (QED) is 0.211. The third kappa shape index (κ3) is 5.47. The topological polar surface area (TPSA) is 12.5 Å². The maximum atomic E-state index is 6.23. The molecule has 1 heterocycles. The highest BCUT2D eigenvalue weighted by Crippen LogP contribution is 2.51. The van der Waals surface area contributed by atoms with Crippen molar-refractivity contribution in [3.8, 4) is 22.6 Å². The van der Waals surface area contributed by atoms with Gasteiger partial charge in [0.1, 0.15) is 0 Å². The average molecular weight is 566 g/mol. The molecule has 0 amide bonds. The molecule has 0 spiro atoms. The lowest BCUT2D eigenvalue weighted by Gasteiger charge is -2.33. The van der Waals surface area contributed by atoms with Crippen molar-refractivity contribution in [1.82, 2.24) is 0 Å². The van der Waals surface area contributed by atoms with Crippen LogP contribution < -0.4 is 9.64 Å². The van der Waals surface area contributed by atoms with Gasteiger partial charge >= 0.3 is 0 Å². The number of hydrogen-bond acceptors (Lipinski definition) is 2. The summed E-state index contributed by atoms with van der Waals surface area (Å²) >= 11 is 0. The number of nitrogens with zero attached hydrogens (tertiary/aromatic N) is 1. The normalized spacial score (nSPS) is 13.6. The highest BCUT2D eigenvalue weighted by molar-refractivity contribution is 5.86. The molecular weight excluding hydrogens is 522 g/mol. The van der Waals surface area contributed by atoms with Crippen LogP contribution in [-0.2, 0) is 11.8 Å². The third-order valence-electron chi connectivity index (χ3n) is 8.93. The van der Waals surface area contributed by atoms with Crippen molar-refractivity contribution in [3.05, 3.63) is 136 Å². The van der Waals surface area contributed by atoms with Gasteiger partial charge in [-0.2, -0.15) is 0 Å². The Morgan fingerprint density at radius 3 is 1.53 bits per heavy atom. The summed E-state index contributed by atoms with van der Waals surface area (Å²) in [4.78, 5) is 2.30. The van der Waals surface area contributed by atoms with Crippen molar-refractivity contribution in [2.75, 3.05) is 4.90 Å². The van der Waals surface area contributed by atoms with Gasteiger partial charge in [-0.05, 0) is 116 Å². The highest BCUT2D eigenvalue weighted by atomic mass is 16.5. The molecule has 0 bridgehead atoms. The average Bonchev–Trinajstić information content (AvgIpc) is 3.20. The fourth-order valence-electron chi connectivity index (χ4n) is 6.46. The molecule has 0 N–H and O–H groups in total. The minimum Gasteiger partial charge on any atom is -0.453 e. The number of ether oxygens (including phenoxy) is 1. The van der Waals surface area contributed by atoms with Crippen molar-refractivity contribution >= 4 is 17.1 Å². The Labute approximate surface area is 258 Å². The zero-order valence-corrected chi connectivity index (χ0v) is 26.7. The minimum atomic E-state index is 0.142. The molecule has 2 heteroatoms. The molecule has 7 rings (SSSR count). The number of anilines is 3. The minimum absolute atomic E-state index is 0.142. The van der Waals surface area contributed by atoms with Crippen molar-refractivity contribution in [2.24, 2.45) is 0 Å². The van der Waals surface area contributed by atoms with E-state index in [0.29, 0.717) is 0 Å². The SMILES string of the molecule is CCCCc1ccc(N2c3ccc(C)cc3Oc3cc(C)ccc32)cc1.Cc1ccc2c(c1)C(C)(C)c1cc(C)ccc1-2. The van der Waals surface area contributed by atoms with Crippen LogP contribution in [-0.4, -0.2) is 0 Å². The summed E-state index contributed by atoms with van der Waals surface area (Å²) in [5, 5.41) is 0. The Balaban J connectivity index is 0.000000167. The van der Waals surface area contributed by atoms with E-state index in [1.165, 1.54) is 68.6 Å². The first kappa shape index (κ1) is 28.8. The lowest BCUT2D eigenvalue weighted by molar-refractivity contribution is 0.476. The molecule has 0 saturated carbocycles. The summed E-state index contributed by atoms with van der Waals surface area (Å²) in [7, 11) is 0. The lowest BCUT2D eigenvalue weighted by Crippen LogP contribution is -2.16. The van der Waals surface area contributed by atoms with Gasteiger partial charge in [0.05, 0.1) is 11.4 Å². The van der Waals surface area contributed by atoms with Crippen LogP contribution in [0.5, 0.6) is 11.5 Å². The van der Waals surface area contributed by atoms with Gasteiger partial charge in [0.25, 0.3) is 0 Å². The molecule has 5 aromatic rings. The molecule has 43 heavy (non-hydrogen) atoms. The van der Waals surface area contributed by atoms with Crippen LogP contribution in [0.25, 0.3) is 11.1 Å². The Kier molecular flexibility index (Phi) is 7.65. The van der Waals surface area contributed by atoms with Gasteiger partial charge in [0.15, 0.2) is 11.5 Å². The standard InChI is InChI=1S/C24H25NO.C17H18/c1-4-5-6-19-9-11-20(12-10-19)25-21-13-7-17(2)15-23(21)26-24-16-18(3)8-14-22(24)25;1-11-5-7-13-14-8-6-12(2)10-16(14)17(3,4)15(13)9-11/h7-16H,4-6H2,1-3H3;5-10H,1-4H3. The van der Waals surface area contributed by atoms with Crippen LogP contribution in [0.4, 0.5) is 17.1 Å². The third-order valence-corrected chi connectivity index (χ3v) is 8.93. The summed E-state index contributed by atoms with van der Waals surface area (Å²) in [6.07, 6.45) is 3.61. The zero-order valence-electron chi connectivity index (χ0n) is 26.7. The molecular formula is C41H43NO. The highest BCUT2D eigenvalue weighted by Gasteiger charge is 2.35. The Morgan fingerprint density at radius 1 is 0.581 bits per heavy atom. The molecule has 218 valence electrons. The Bertz CT molecular complexity index is 1690. The van der Waals surface area contributed by atoms with Gasteiger partial charge in [-0.1, -0.05) is 99.0 Å². The first-order valence-corrected chi connectivity index (χ1v) is 15.7. The van der Waals surface area contributed by atoms with Crippen LogP contribution in [0.3, 0.4) is 0 Å². The first-order valence-electron chi connectivity index (χ1n) is 15.7.